The first-order valence-corrected chi connectivity index (χ1v) is 6.49. The summed E-state index contributed by atoms with van der Waals surface area (Å²) in [5, 5.41) is 2.55. The van der Waals surface area contributed by atoms with Crippen molar-refractivity contribution >= 4 is 22.4 Å². The van der Waals surface area contributed by atoms with Crippen LogP contribution in [0, 0.1) is 0 Å². The summed E-state index contributed by atoms with van der Waals surface area (Å²) < 4.78 is 5.48. The lowest BCUT2D eigenvalue weighted by molar-refractivity contribution is -0.118. The van der Waals surface area contributed by atoms with E-state index in [0.29, 0.717) is 18.2 Å². The second kappa shape index (κ2) is 6.16. The third kappa shape index (κ3) is 3.30. The van der Waals surface area contributed by atoms with E-state index in [1.807, 2.05) is 35.7 Å². The zero-order valence-corrected chi connectivity index (χ0v) is 10.9. The van der Waals surface area contributed by atoms with E-state index in [1.54, 1.807) is 18.1 Å². The molecule has 0 radical (unpaired) electrons. The second-order valence-corrected chi connectivity index (χ2v) is 4.55. The molecule has 0 aliphatic carbocycles. The third-order valence-electron chi connectivity index (χ3n) is 2.41. The Balaban J connectivity index is 1.79. The largest absolute Gasteiger partial charge is 0.493 e. The zero-order chi connectivity index (χ0) is 12.8. The van der Waals surface area contributed by atoms with E-state index in [9.17, 15) is 4.79 Å². The molecule has 2 rings (SSSR count). The molecule has 2 aromatic rings. The van der Waals surface area contributed by atoms with Crippen LogP contribution in [0.2, 0.25) is 0 Å². The van der Waals surface area contributed by atoms with Crippen molar-refractivity contribution in [2.75, 3.05) is 18.6 Å². The maximum atomic E-state index is 11.8. The van der Waals surface area contributed by atoms with Crippen LogP contribution < -0.4 is 9.64 Å². The molecule has 0 spiro atoms. The Kier molecular flexibility index (Phi) is 4.30. The van der Waals surface area contributed by atoms with Gasteiger partial charge in [0.25, 0.3) is 0 Å². The minimum Gasteiger partial charge on any atom is -0.493 e. The Morgan fingerprint density at radius 1 is 1.39 bits per heavy atom. The van der Waals surface area contributed by atoms with Crippen molar-refractivity contribution in [3.63, 3.8) is 0 Å². The van der Waals surface area contributed by atoms with Crippen LogP contribution in [0.5, 0.6) is 5.75 Å². The summed E-state index contributed by atoms with van der Waals surface area (Å²) in [4.78, 5) is 17.5. The van der Waals surface area contributed by atoms with Gasteiger partial charge in [-0.25, -0.2) is 4.98 Å². The zero-order valence-electron chi connectivity index (χ0n) is 10.1. The van der Waals surface area contributed by atoms with E-state index in [-0.39, 0.29) is 5.91 Å². The second-order valence-electron chi connectivity index (χ2n) is 3.68. The molecule has 1 heterocycles. The van der Waals surface area contributed by atoms with Gasteiger partial charge in [0.2, 0.25) is 5.91 Å². The molecule has 18 heavy (non-hydrogen) atoms. The van der Waals surface area contributed by atoms with E-state index in [1.165, 1.54) is 11.3 Å². The Morgan fingerprint density at radius 2 is 2.17 bits per heavy atom. The van der Waals surface area contributed by atoms with E-state index in [0.717, 1.165) is 5.75 Å². The summed E-state index contributed by atoms with van der Waals surface area (Å²) in [5.74, 6) is 0.781. The predicted octanol–water partition coefficient (Wildman–Crippen LogP) is 2.58. The van der Waals surface area contributed by atoms with Crippen molar-refractivity contribution < 1.29 is 9.53 Å². The van der Waals surface area contributed by atoms with Gasteiger partial charge in [-0.05, 0) is 12.1 Å². The van der Waals surface area contributed by atoms with Crippen LogP contribution in [0.1, 0.15) is 6.42 Å². The highest BCUT2D eigenvalue weighted by Gasteiger charge is 2.12. The van der Waals surface area contributed by atoms with E-state index < -0.39 is 0 Å². The lowest BCUT2D eigenvalue weighted by atomic mass is 10.3. The molecule has 0 saturated carbocycles. The molecule has 1 amide bonds. The maximum absolute atomic E-state index is 11.8. The summed E-state index contributed by atoms with van der Waals surface area (Å²) in [5.41, 5.74) is 0. The summed E-state index contributed by atoms with van der Waals surface area (Å²) in [6.07, 6.45) is 2.02. The number of para-hydroxylation sites is 1. The molecule has 5 heteroatoms. The van der Waals surface area contributed by atoms with Crippen LogP contribution in [0.3, 0.4) is 0 Å². The van der Waals surface area contributed by atoms with E-state index >= 15 is 0 Å². The van der Waals surface area contributed by atoms with Crippen molar-refractivity contribution in [1.82, 2.24) is 4.98 Å². The molecule has 0 aliphatic rings. The third-order valence-corrected chi connectivity index (χ3v) is 3.26. The normalized spacial score (nSPS) is 10.1. The molecular formula is C13H14N2O2S. The van der Waals surface area contributed by atoms with Crippen molar-refractivity contribution in [2.45, 2.75) is 6.42 Å². The molecule has 1 aromatic carbocycles. The number of thiazole rings is 1. The predicted molar refractivity (Wildman–Crippen MR) is 72.1 cm³/mol. The molecule has 0 unspecified atom stereocenters. The number of anilines is 1. The first kappa shape index (κ1) is 12.6. The number of aromatic nitrogens is 1. The molecule has 1 aromatic heterocycles. The van der Waals surface area contributed by atoms with Crippen LogP contribution in [0.4, 0.5) is 5.13 Å². The molecular weight excluding hydrogens is 248 g/mol. The molecule has 0 saturated heterocycles. The fourth-order valence-corrected chi connectivity index (χ4v) is 2.05. The monoisotopic (exact) mass is 262 g/mol. The van der Waals surface area contributed by atoms with Crippen LogP contribution in [-0.4, -0.2) is 24.5 Å². The van der Waals surface area contributed by atoms with Crippen LogP contribution in [0.15, 0.2) is 41.9 Å². The molecule has 4 nitrogen and oxygen atoms in total. The Labute approximate surface area is 110 Å². The van der Waals surface area contributed by atoms with Gasteiger partial charge < -0.3 is 4.74 Å². The molecule has 0 fully saturated rings. The Morgan fingerprint density at radius 3 is 2.83 bits per heavy atom. The van der Waals surface area contributed by atoms with Crippen LogP contribution in [-0.2, 0) is 4.79 Å². The van der Waals surface area contributed by atoms with Gasteiger partial charge >= 0.3 is 0 Å². The van der Waals surface area contributed by atoms with Crippen LogP contribution >= 0.6 is 11.3 Å². The first-order chi connectivity index (χ1) is 8.77. The Bertz CT molecular complexity index is 485. The highest BCUT2D eigenvalue weighted by molar-refractivity contribution is 7.13. The quantitative estimate of drug-likeness (QED) is 0.831. The molecule has 0 bridgehead atoms. The fourth-order valence-electron chi connectivity index (χ4n) is 1.43. The number of hydrogen-bond acceptors (Lipinski definition) is 4. The van der Waals surface area contributed by atoms with Gasteiger partial charge in [0.15, 0.2) is 5.13 Å². The number of ether oxygens (including phenoxy) is 1. The lowest BCUT2D eigenvalue weighted by Gasteiger charge is -2.13. The van der Waals surface area contributed by atoms with Gasteiger partial charge in [0.05, 0.1) is 13.0 Å². The highest BCUT2D eigenvalue weighted by atomic mass is 32.1. The van der Waals surface area contributed by atoms with E-state index in [2.05, 4.69) is 4.98 Å². The minimum atomic E-state index is 0.000816. The minimum absolute atomic E-state index is 0.000816. The summed E-state index contributed by atoms with van der Waals surface area (Å²) in [6, 6.07) is 9.47. The molecule has 0 N–H and O–H groups in total. The lowest BCUT2D eigenvalue weighted by Crippen LogP contribution is -2.27. The first-order valence-electron chi connectivity index (χ1n) is 5.61. The molecule has 94 valence electrons. The van der Waals surface area contributed by atoms with Crippen molar-refractivity contribution in [3.8, 4) is 5.75 Å². The standard InChI is InChI=1S/C13H14N2O2S/c1-15(13-14-8-10-18-13)12(16)7-9-17-11-5-3-2-4-6-11/h2-6,8,10H,7,9H2,1H3. The molecule has 0 aliphatic heterocycles. The molecule has 0 atom stereocenters. The van der Waals surface area contributed by atoms with Crippen LogP contribution in [0.25, 0.3) is 0 Å². The van der Waals surface area contributed by atoms with E-state index in [4.69, 9.17) is 4.74 Å². The van der Waals surface area contributed by atoms with Gasteiger partial charge in [-0.15, -0.1) is 11.3 Å². The number of carbonyl (C=O) groups is 1. The number of carbonyl (C=O) groups excluding carboxylic acids is 1. The van der Waals surface area contributed by atoms with Gasteiger partial charge in [0, 0.05) is 18.6 Å². The number of hydrogen-bond donors (Lipinski definition) is 0. The summed E-state index contributed by atoms with van der Waals surface area (Å²) in [6.45, 7) is 0.374. The SMILES string of the molecule is CN(C(=O)CCOc1ccccc1)c1nccs1. The van der Waals surface area contributed by atoms with Gasteiger partial charge in [0.1, 0.15) is 5.75 Å². The highest BCUT2D eigenvalue weighted by Crippen LogP contribution is 2.16. The van der Waals surface area contributed by atoms with Crippen molar-refractivity contribution in [1.29, 1.82) is 0 Å². The number of amides is 1. The number of rotatable bonds is 5. The van der Waals surface area contributed by atoms with Gasteiger partial charge in [-0.2, -0.15) is 0 Å². The number of benzene rings is 1. The van der Waals surface area contributed by atoms with Crippen molar-refractivity contribution in [2.24, 2.45) is 0 Å². The Hall–Kier alpha value is -1.88. The fraction of sp³-hybridized carbons (Fsp3) is 0.231. The average molecular weight is 262 g/mol. The van der Waals surface area contributed by atoms with Gasteiger partial charge in [-0.1, -0.05) is 18.2 Å². The van der Waals surface area contributed by atoms with Gasteiger partial charge in [-0.3, -0.25) is 9.69 Å². The van der Waals surface area contributed by atoms with Crippen molar-refractivity contribution in [3.05, 3.63) is 41.9 Å². The average Bonchev–Trinajstić information content (AvgIpc) is 2.93. The topological polar surface area (TPSA) is 42.4 Å². The summed E-state index contributed by atoms with van der Waals surface area (Å²) in [7, 11) is 1.73. The smallest absolute Gasteiger partial charge is 0.231 e. The number of nitrogens with zero attached hydrogens (tertiary/aromatic N) is 2. The summed E-state index contributed by atoms with van der Waals surface area (Å²) >= 11 is 1.44. The maximum Gasteiger partial charge on any atom is 0.231 e.